The Morgan fingerprint density at radius 1 is 1.50 bits per heavy atom. The van der Waals surface area contributed by atoms with Crippen molar-refractivity contribution in [1.82, 2.24) is 14.9 Å². The minimum absolute atomic E-state index is 0.235. The van der Waals surface area contributed by atoms with Gasteiger partial charge in [0.25, 0.3) is 0 Å². The van der Waals surface area contributed by atoms with Gasteiger partial charge in [0.15, 0.2) is 0 Å². The fourth-order valence-electron chi connectivity index (χ4n) is 2.83. The fourth-order valence-corrected chi connectivity index (χ4v) is 2.83. The largest absolute Gasteiger partial charge is 0.328 e. The topological polar surface area (TPSA) is 53.6 Å². The third-order valence-electron chi connectivity index (χ3n) is 4.01. The summed E-state index contributed by atoms with van der Waals surface area (Å²) in [5, 5.41) is 12.9. The van der Waals surface area contributed by atoms with Gasteiger partial charge >= 0.3 is 0 Å². The number of hydrogen-bond donors (Lipinski definition) is 1. The summed E-state index contributed by atoms with van der Waals surface area (Å²) in [5.41, 5.74) is 1.67. The number of nitrogens with one attached hydrogen (secondary N) is 1. The second-order valence-corrected chi connectivity index (χ2v) is 6.06. The third-order valence-corrected chi connectivity index (χ3v) is 4.01. The van der Waals surface area contributed by atoms with Gasteiger partial charge in [0, 0.05) is 12.1 Å². The Morgan fingerprint density at radius 2 is 2.25 bits per heavy atom. The highest BCUT2D eigenvalue weighted by Gasteiger charge is 2.34. The standard InChI is InChI=1S/C16H20N4/c1-12(9-16(2,10-17)19-13-7-8-13)20-11-18-14-5-3-4-6-15(14)20/h3-6,11-13,19H,7-9H2,1-2H3. The highest BCUT2D eigenvalue weighted by molar-refractivity contribution is 5.75. The summed E-state index contributed by atoms with van der Waals surface area (Å²) in [4.78, 5) is 4.43. The Balaban J connectivity index is 1.81. The molecular weight excluding hydrogens is 248 g/mol. The maximum Gasteiger partial charge on any atom is 0.106 e. The van der Waals surface area contributed by atoms with E-state index in [0.717, 1.165) is 17.5 Å². The van der Waals surface area contributed by atoms with Crippen LogP contribution in [0.25, 0.3) is 11.0 Å². The highest BCUT2D eigenvalue weighted by atomic mass is 15.1. The molecule has 0 aliphatic heterocycles. The number of rotatable bonds is 5. The zero-order chi connectivity index (χ0) is 14.2. The van der Waals surface area contributed by atoms with Crippen LogP contribution in [0.1, 0.15) is 39.2 Å². The maximum atomic E-state index is 9.48. The zero-order valence-corrected chi connectivity index (χ0v) is 12.0. The zero-order valence-electron chi connectivity index (χ0n) is 12.0. The van der Waals surface area contributed by atoms with Gasteiger partial charge in [0.05, 0.1) is 23.4 Å². The lowest BCUT2D eigenvalue weighted by molar-refractivity contribution is 0.349. The third kappa shape index (κ3) is 2.54. The van der Waals surface area contributed by atoms with Crippen molar-refractivity contribution in [1.29, 1.82) is 5.26 Å². The van der Waals surface area contributed by atoms with E-state index in [1.807, 2.05) is 31.5 Å². The van der Waals surface area contributed by atoms with E-state index in [-0.39, 0.29) is 6.04 Å². The predicted octanol–water partition coefficient (Wildman–Crippen LogP) is 3.02. The fraction of sp³-hybridized carbons (Fsp3) is 0.500. The Kier molecular flexibility index (Phi) is 3.23. The van der Waals surface area contributed by atoms with Crippen molar-refractivity contribution in [3.63, 3.8) is 0 Å². The molecule has 2 unspecified atom stereocenters. The normalized spacial score (nSPS) is 19.4. The quantitative estimate of drug-likeness (QED) is 0.907. The first-order valence-electron chi connectivity index (χ1n) is 7.22. The summed E-state index contributed by atoms with van der Waals surface area (Å²) in [6, 6.07) is 11.3. The maximum absolute atomic E-state index is 9.48. The lowest BCUT2D eigenvalue weighted by Gasteiger charge is -2.27. The second kappa shape index (κ2) is 4.92. The van der Waals surface area contributed by atoms with Crippen molar-refractivity contribution in [2.45, 2.75) is 50.7 Å². The van der Waals surface area contributed by atoms with Crippen LogP contribution in [0.4, 0.5) is 0 Å². The van der Waals surface area contributed by atoms with E-state index in [9.17, 15) is 5.26 Å². The van der Waals surface area contributed by atoms with Crippen LogP contribution >= 0.6 is 0 Å². The summed E-state index contributed by atoms with van der Waals surface area (Å²) in [6.45, 7) is 4.15. The molecule has 1 heterocycles. The smallest absolute Gasteiger partial charge is 0.106 e. The SMILES string of the molecule is CC(CC(C)(C#N)NC1CC1)n1cnc2ccccc21. The van der Waals surface area contributed by atoms with Gasteiger partial charge in [-0.25, -0.2) is 4.98 Å². The Bertz CT molecular complexity index is 650. The van der Waals surface area contributed by atoms with Crippen molar-refractivity contribution in [2.75, 3.05) is 0 Å². The Labute approximate surface area is 119 Å². The van der Waals surface area contributed by atoms with Gasteiger partial charge in [0.1, 0.15) is 5.54 Å². The number of benzene rings is 1. The first-order chi connectivity index (χ1) is 9.61. The van der Waals surface area contributed by atoms with Crippen LogP contribution in [0.2, 0.25) is 0 Å². The predicted molar refractivity (Wildman–Crippen MR) is 79.2 cm³/mol. The monoisotopic (exact) mass is 268 g/mol. The molecule has 0 amide bonds. The summed E-state index contributed by atoms with van der Waals surface area (Å²) in [7, 11) is 0. The molecule has 1 aliphatic carbocycles. The molecule has 0 spiro atoms. The molecule has 1 saturated carbocycles. The Morgan fingerprint density at radius 3 is 2.95 bits per heavy atom. The van der Waals surface area contributed by atoms with E-state index < -0.39 is 5.54 Å². The number of nitrogens with zero attached hydrogens (tertiary/aromatic N) is 3. The van der Waals surface area contributed by atoms with Crippen molar-refractivity contribution in [3.8, 4) is 6.07 Å². The molecular formula is C16H20N4. The van der Waals surface area contributed by atoms with Crippen LogP contribution in [-0.4, -0.2) is 21.1 Å². The number of fused-ring (bicyclic) bond motifs is 1. The minimum Gasteiger partial charge on any atom is -0.328 e. The molecule has 1 aromatic heterocycles. The van der Waals surface area contributed by atoms with E-state index in [1.54, 1.807) is 0 Å². The molecule has 4 nitrogen and oxygen atoms in total. The van der Waals surface area contributed by atoms with Crippen LogP contribution in [0.5, 0.6) is 0 Å². The number of aromatic nitrogens is 2. The molecule has 0 radical (unpaired) electrons. The molecule has 4 heteroatoms. The Hall–Kier alpha value is -1.86. The van der Waals surface area contributed by atoms with E-state index in [0.29, 0.717) is 6.04 Å². The number of hydrogen-bond acceptors (Lipinski definition) is 3. The van der Waals surface area contributed by atoms with Gasteiger partial charge in [-0.2, -0.15) is 5.26 Å². The lowest BCUT2D eigenvalue weighted by Crippen LogP contribution is -2.43. The summed E-state index contributed by atoms with van der Waals surface area (Å²) >= 11 is 0. The van der Waals surface area contributed by atoms with Crippen molar-refractivity contribution in [2.24, 2.45) is 0 Å². The average Bonchev–Trinajstić information content (AvgIpc) is 3.14. The van der Waals surface area contributed by atoms with E-state index in [2.05, 4.69) is 33.9 Å². The molecule has 0 bridgehead atoms. The molecule has 1 fully saturated rings. The summed E-state index contributed by atoms with van der Waals surface area (Å²) in [6.07, 6.45) is 5.05. The van der Waals surface area contributed by atoms with Crippen LogP contribution in [-0.2, 0) is 0 Å². The van der Waals surface area contributed by atoms with E-state index in [4.69, 9.17) is 0 Å². The first kappa shape index (κ1) is 13.1. The second-order valence-electron chi connectivity index (χ2n) is 6.06. The molecule has 2 aromatic rings. The van der Waals surface area contributed by atoms with Crippen LogP contribution in [0, 0.1) is 11.3 Å². The molecule has 3 rings (SSSR count). The molecule has 104 valence electrons. The molecule has 2 atom stereocenters. The van der Waals surface area contributed by atoms with Gasteiger partial charge in [-0.3, -0.25) is 5.32 Å². The highest BCUT2D eigenvalue weighted by Crippen LogP contribution is 2.28. The van der Waals surface area contributed by atoms with Crippen molar-refractivity contribution < 1.29 is 0 Å². The average molecular weight is 268 g/mol. The number of nitriles is 1. The molecule has 1 aromatic carbocycles. The van der Waals surface area contributed by atoms with Gasteiger partial charge in [-0.05, 0) is 45.2 Å². The molecule has 1 aliphatic rings. The van der Waals surface area contributed by atoms with Gasteiger partial charge in [-0.1, -0.05) is 12.1 Å². The molecule has 1 N–H and O–H groups in total. The first-order valence-corrected chi connectivity index (χ1v) is 7.22. The van der Waals surface area contributed by atoms with Crippen molar-refractivity contribution >= 4 is 11.0 Å². The minimum atomic E-state index is -0.466. The summed E-state index contributed by atoms with van der Waals surface area (Å²) < 4.78 is 2.17. The van der Waals surface area contributed by atoms with Gasteiger partial charge < -0.3 is 4.57 Å². The van der Waals surface area contributed by atoms with Crippen LogP contribution in [0.3, 0.4) is 0 Å². The molecule has 20 heavy (non-hydrogen) atoms. The van der Waals surface area contributed by atoms with Crippen LogP contribution in [0.15, 0.2) is 30.6 Å². The summed E-state index contributed by atoms with van der Waals surface area (Å²) in [5.74, 6) is 0. The van der Waals surface area contributed by atoms with Gasteiger partial charge in [0.2, 0.25) is 0 Å². The van der Waals surface area contributed by atoms with E-state index >= 15 is 0 Å². The lowest BCUT2D eigenvalue weighted by atomic mass is 9.95. The molecule has 0 saturated heterocycles. The van der Waals surface area contributed by atoms with Gasteiger partial charge in [-0.15, -0.1) is 0 Å². The van der Waals surface area contributed by atoms with Crippen LogP contribution < -0.4 is 5.32 Å². The van der Waals surface area contributed by atoms with E-state index in [1.165, 1.54) is 12.8 Å². The number of imidazole rings is 1. The van der Waals surface area contributed by atoms with Crippen molar-refractivity contribution in [3.05, 3.63) is 30.6 Å². The number of para-hydroxylation sites is 2.